The first-order valence-corrected chi connectivity index (χ1v) is 10.6. The van der Waals surface area contributed by atoms with Gasteiger partial charge in [0, 0.05) is 23.5 Å². The lowest BCUT2D eigenvalue weighted by molar-refractivity contribution is 0.538. The Labute approximate surface area is 138 Å². The molecule has 7 heteroatoms. The van der Waals surface area contributed by atoms with Gasteiger partial charge in [0.05, 0.1) is 3.79 Å². The average molecular weight is 393 g/mol. The summed E-state index contributed by atoms with van der Waals surface area (Å²) in [5.74, 6) is 0.613. The molecule has 2 aliphatic rings. The van der Waals surface area contributed by atoms with Gasteiger partial charge in [-0.2, -0.15) is 0 Å². The quantitative estimate of drug-likeness (QED) is 0.780. The third-order valence-corrected chi connectivity index (χ3v) is 7.93. The van der Waals surface area contributed by atoms with E-state index in [-0.39, 0.29) is 6.04 Å². The zero-order chi connectivity index (χ0) is 15.0. The maximum absolute atomic E-state index is 12.5. The van der Waals surface area contributed by atoms with Gasteiger partial charge >= 0.3 is 0 Å². The molecule has 0 aromatic carbocycles. The van der Waals surface area contributed by atoms with Gasteiger partial charge in [-0.1, -0.05) is 6.92 Å². The van der Waals surface area contributed by atoms with Crippen LogP contribution in [-0.2, 0) is 16.6 Å². The van der Waals surface area contributed by atoms with Crippen LogP contribution in [0.1, 0.15) is 43.9 Å². The molecule has 0 amide bonds. The summed E-state index contributed by atoms with van der Waals surface area (Å²) >= 11 is 4.91. The minimum Gasteiger partial charge on any atom is -0.309 e. The predicted octanol–water partition coefficient (Wildman–Crippen LogP) is 3.23. The smallest absolute Gasteiger partial charge is 0.242 e. The predicted molar refractivity (Wildman–Crippen MR) is 89.0 cm³/mol. The Morgan fingerprint density at radius 1 is 1.29 bits per heavy atom. The molecule has 0 bridgehead atoms. The molecule has 2 fully saturated rings. The summed E-state index contributed by atoms with van der Waals surface area (Å²) in [6.07, 6.45) is 5.46. The Kier molecular flexibility index (Phi) is 4.76. The monoisotopic (exact) mass is 392 g/mol. The van der Waals surface area contributed by atoms with E-state index >= 15 is 0 Å². The Morgan fingerprint density at radius 3 is 2.62 bits per heavy atom. The highest BCUT2D eigenvalue weighted by Crippen LogP contribution is 2.33. The fraction of sp³-hybridized carbons (Fsp3) is 0.714. The standard InChI is InChI=1S/C14H21BrN2O2S2/c1-9-2-3-11(6-9)17-21(18,19)13-7-12(20-14(13)15)8-16-10-4-5-10/h7,9-11,16-17H,2-6,8H2,1H3. The summed E-state index contributed by atoms with van der Waals surface area (Å²) < 4.78 is 28.6. The molecule has 2 aliphatic carbocycles. The number of halogens is 1. The maximum atomic E-state index is 12.5. The van der Waals surface area contributed by atoms with Crippen molar-refractivity contribution in [3.8, 4) is 0 Å². The van der Waals surface area contributed by atoms with Gasteiger partial charge in [-0.05, 0) is 60.0 Å². The van der Waals surface area contributed by atoms with E-state index in [4.69, 9.17) is 0 Å². The molecule has 0 radical (unpaired) electrons. The zero-order valence-corrected chi connectivity index (χ0v) is 15.3. The first kappa shape index (κ1) is 15.9. The van der Waals surface area contributed by atoms with E-state index in [0.29, 0.717) is 20.6 Å². The van der Waals surface area contributed by atoms with Crippen LogP contribution in [0.25, 0.3) is 0 Å². The third kappa shape index (κ3) is 4.07. The molecule has 1 heterocycles. The second-order valence-electron chi connectivity index (χ2n) is 6.24. The van der Waals surface area contributed by atoms with Crippen LogP contribution in [0.3, 0.4) is 0 Å². The molecule has 4 nitrogen and oxygen atoms in total. The lowest BCUT2D eigenvalue weighted by Gasteiger charge is -2.12. The zero-order valence-electron chi connectivity index (χ0n) is 12.1. The van der Waals surface area contributed by atoms with Crippen LogP contribution >= 0.6 is 27.3 Å². The van der Waals surface area contributed by atoms with E-state index in [1.165, 1.54) is 24.2 Å². The van der Waals surface area contributed by atoms with Crippen LogP contribution in [0.4, 0.5) is 0 Å². The van der Waals surface area contributed by atoms with E-state index in [2.05, 4.69) is 32.9 Å². The molecule has 1 aromatic heterocycles. The van der Waals surface area contributed by atoms with Crippen molar-refractivity contribution < 1.29 is 8.42 Å². The van der Waals surface area contributed by atoms with Crippen LogP contribution in [0.15, 0.2) is 14.7 Å². The minimum absolute atomic E-state index is 0.0878. The van der Waals surface area contributed by atoms with Gasteiger partial charge in [-0.15, -0.1) is 11.3 Å². The van der Waals surface area contributed by atoms with Crippen molar-refractivity contribution in [1.82, 2.24) is 10.0 Å². The number of hydrogen-bond donors (Lipinski definition) is 2. The van der Waals surface area contributed by atoms with Crippen LogP contribution in [0, 0.1) is 5.92 Å². The Balaban J connectivity index is 1.68. The van der Waals surface area contributed by atoms with Crippen molar-refractivity contribution in [3.05, 3.63) is 14.7 Å². The molecule has 2 N–H and O–H groups in total. The Morgan fingerprint density at radius 2 is 2.00 bits per heavy atom. The summed E-state index contributed by atoms with van der Waals surface area (Å²) in [5, 5.41) is 3.42. The van der Waals surface area contributed by atoms with Crippen LogP contribution < -0.4 is 10.0 Å². The Bertz CT molecular complexity index is 610. The number of nitrogens with one attached hydrogen (secondary N) is 2. The van der Waals surface area contributed by atoms with Crippen LogP contribution in [0.5, 0.6) is 0 Å². The largest absolute Gasteiger partial charge is 0.309 e. The van der Waals surface area contributed by atoms with Gasteiger partial charge in [-0.3, -0.25) is 0 Å². The topological polar surface area (TPSA) is 58.2 Å². The molecule has 1 aromatic rings. The lowest BCUT2D eigenvalue weighted by atomic mass is 10.1. The minimum atomic E-state index is -3.41. The molecule has 0 spiro atoms. The number of sulfonamides is 1. The first-order chi connectivity index (χ1) is 9.94. The lowest BCUT2D eigenvalue weighted by Crippen LogP contribution is -2.32. The number of hydrogen-bond acceptors (Lipinski definition) is 4. The fourth-order valence-corrected chi connectivity index (χ4v) is 6.71. The van der Waals surface area contributed by atoms with Crippen LogP contribution in [0.2, 0.25) is 0 Å². The van der Waals surface area contributed by atoms with E-state index in [0.717, 1.165) is 30.7 Å². The number of rotatable bonds is 6. The summed E-state index contributed by atoms with van der Waals surface area (Å²) in [7, 11) is -3.41. The summed E-state index contributed by atoms with van der Waals surface area (Å²) in [4.78, 5) is 1.45. The average Bonchev–Trinajstić information content (AvgIpc) is 3.03. The molecule has 118 valence electrons. The third-order valence-electron chi connectivity index (χ3n) is 4.15. The van der Waals surface area contributed by atoms with E-state index in [9.17, 15) is 8.42 Å². The van der Waals surface area contributed by atoms with Gasteiger partial charge in [0.2, 0.25) is 10.0 Å². The van der Waals surface area contributed by atoms with Crippen LogP contribution in [-0.4, -0.2) is 20.5 Å². The van der Waals surface area contributed by atoms with Gasteiger partial charge in [0.1, 0.15) is 4.90 Å². The first-order valence-electron chi connectivity index (χ1n) is 7.48. The van der Waals surface area contributed by atoms with Crippen molar-refractivity contribution in [2.24, 2.45) is 5.92 Å². The van der Waals surface area contributed by atoms with Crippen molar-refractivity contribution in [3.63, 3.8) is 0 Å². The molecule has 2 atom stereocenters. The summed E-state index contributed by atoms with van der Waals surface area (Å²) in [6.45, 7) is 2.93. The van der Waals surface area contributed by atoms with Crippen molar-refractivity contribution in [2.45, 2.75) is 62.6 Å². The normalized spacial score (nSPS) is 26.4. The molecular weight excluding hydrogens is 372 g/mol. The molecular formula is C14H21BrN2O2S2. The van der Waals surface area contributed by atoms with Gasteiger partial charge in [-0.25, -0.2) is 13.1 Å². The Hall–Kier alpha value is 0.0500. The molecule has 2 unspecified atom stereocenters. The van der Waals surface area contributed by atoms with Crippen molar-refractivity contribution in [2.75, 3.05) is 0 Å². The molecule has 0 saturated heterocycles. The van der Waals surface area contributed by atoms with Crippen molar-refractivity contribution in [1.29, 1.82) is 0 Å². The van der Waals surface area contributed by atoms with E-state index in [1.54, 1.807) is 6.07 Å². The summed E-state index contributed by atoms with van der Waals surface area (Å²) in [6, 6.07) is 2.51. The molecule has 3 rings (SSSR count). The van der Waals surface area contributed by atoms with E-state index < -0.39 is 10.0 Å². The van der Waals surface area contributed by atoms with Gasteiger partial charge in [0.25, 0.3) is 0 Å². The highest BCUT2D eigenvalue weighted by molar-refractivity contribution is 9.11. The maximum Gasteiger partial charge on any atom is 0.242 e. The molecule has 0 aliphatic heterocycles. The van der Waals surface area contributed by atoms with E-state index in [1.807, 2.05) is 0 Å². The van der Waals surface area contributed by atoms with Crippen molar-refractivity contribution >= 4 is 37.3 Å². The second kappa shape index (κ2) is 6.28. The fourth-order valence-electron chi connectivity index (χ4n) is 2.80. The highest BCUT2D eigenvalue weighted by atomic mass is 79.9. The van der Waals surface area contributed by atoms with Gasteiger partial charge < -0.3 is 5.32 Å². The highest BCUT2D eigenvalue weighted by Gasteiger charge is 2.29. The summed E-state index contributed by atoms with van der Waals surface area (Å²) in [5.41, 5.74) is 0. The SMILES string of the molecule is CC1CCC(NS(=O)(=O)c2cc(CNC3CC3)sc2Br)C1. The second-order valence-corrected chi connectivity index (χ2v) is 10.4. The number of thiophene rings is 1. The van der Waals surface area contributed by atoms with Gasteiger partial charge in [0.15, 0.2) is 0 Å². The molecule has 2 saturated carbocycles. The molecule has 21 heavy (non-hydrogen) atoms.